The highest BCUT2D eigenvalue weighted by atomic mass is 16.1. The molecule has 3 N–H and O–H groups in total. The van der Waals surface area contributed by atoms with E-state index in [1.54, 1.807) is 0 Å². The second kappa shape index (κ2) is 5.90. The molecule has 0 saturated heterocycles. The Morgan fingerprint density at radius 1 is 1.17 bits per heavy atom. The summed E-state index contributed by atoms with van der Waals surface area (Å²) in [5, 5.41) is 11.1. The molecule has 94 valence electrons. The van der Waals surface area contributed by atoms with Crippen molar-refractivity contribution < 1.29 is 4.79 Å². The summed E-state index contributed by atoms with van der Waals surface area (Å²) in [5.41, 5.74) is 6.64. The fraction of sp³-hybridized carbons (Fsp3) is 0.333. The van der Waals surface area contributed by atoms with Gasteiger partial charge in [-0.15, -0.1) is 10.2 Å². The van der Waals surface area contributed by atoms with Crippen LogP contribution in [0.2, 0.25) is 0 Å². The minimum absolute atomic E-state index is 0.265. The Hall–Kier alpha value is -2.24. The van der Waals surface area contributed by atoms with Gasteiger partial charge in [-0.25, -0.2) is 4.98 Å². The predicted molar refractivity (Wildman–Crippen MR) is 68.9 cm³/mol. The molecule has 0 aliphatic carbocycles. The maximum atomic E-state index is 10.5. The van der Waals surface area contributed by atoms with Crippen molar-refractivity contribution in [2.24, 2.45) is 5.73 Å². The summed E-state index contributed by atoms with van der Waals surface area (Å²) in [6.45, 7) is 0.702. The number of rotatable bonds is 6. The van der Waals surface area contributed by atoms with E-state index in [0.29, 0.717) is 18.9 Å². The minimum Gasteiger partial charge on any atom is -0.370 e. The number of aromatic nitrogens is 3. The minimum atomic E-state index is -0.265. The van der Waals surface area contributed by atoms with E-state index in [4.69, 9.17) is 5.73 Å². The zero-order valence-corrected chi connectivity index (χ0v) is 9.97. The van der Waals surface area contributed by atoms with Crippen LogP contribution in [-0.4, -0.2) is 27.6 Å². The topological polar surface area (TPSA) is 93.8 Å². The van der Waals surface area contributed by atoms with Crippen LogP contribution in [0.3, 0.4) is 0 Å². The molecule has 0 saturated carbocycles. The van der Waals surface area contributed by atoms with Gasteiger partial charge in [0.2, 0.25) is 11.9 Å². The Kier molecular flexibility index (Phi) is 4.01. The first kappa shape index (κ1) is 12.2. The molecule has 1 aromatic heterocycles. The number of fused-ring (bicyclic) bond motifs is 1. The van der Waals surface area contributed by atoms with Gasteiger partial charge in [-0.05, 0) is 25.0 Å². The maximum absolute atomic E-state index is 10.5. The second-order valence-corrected chi connectivity index (χ2v) is 3.97. The first-order chi connectivity index (χ1) is 8.75. The Labute approximate surface area is 105 Å². The normalized spacial score (nSPS) is 10.4. The van der Waals surface area contributed by atoms with Gasteiger partial charge in [0.15, 0.2) is 0 Å². The third kappa shape index (κ3) is 3.38. The van der Waals surface area contributed by atoms with E-state index in [2.05, 4.69) is 20.5 Å². The van der Waals surface area contributed by atoms with Crippen LogP contribution in [0.15, 0.2) is 24.3 Å². The van der Waals surface area contributed by atoms with Gasteiger partial charge >= 0.3 is 0 Å². The standard InChI is InChI=1S/C12H15N5O/c13-11(18)7-3-4-8-14-12-15-9-5-1-2-6-10(9)16-17-12/h1-2,5-6H,3-4,7-8H2,(H2,13,18)(H,14,15,17). The van der Waals surface area contributed by atoms with Crippen molar-refractivity contribution in [3.8, 4) is 0 Å². The largest absolute Gasteiger partial charge is 0.370 e. The SMILES string of the molecule is NC(=O)CCCCNc1nnc2ccccc2n1. The molecule has 0 spiro atoms. The molecule has 6 nitrogen and oxygen atoms in total. The molecule has 1 amide bonds. The van der Waals surface area contributed by atoms with Crippen LogP contribution >= 0.6 is 0 Å². The average molecular weight is 245 g/mol. The summed E-state index contributed by atoms with van der Waals surface area (Å²) in [5.74, 6) is 0.242. The molecule has 0 radical (unpaired) electrons. The van der Waals surface area contributed by atoms with E-state index in [1.165, 1.54) is 0 Å². The van der Waals surface area contributed by atoms with Crippen LogP contribution in [0.25, 0.3) is 11.0 Å². The lowest BCUT2D eigenvalue weighted by Crippen LogP contribution is -2.11. The van der Waals surface area contributed by atoms with Gasteiger partial charge in [0.25, 0.3) is 0 Å². The predicted octanol–water partition coefficient (Wildman–Crippen LogP) is 1.09. The maximum Gasteiger partial charge on any atom is 0.243 e. The highest BCUT2D eigenvalue weighted by molar-refractivity contribution is 5.74. The molecule has 18 heavy (non-hydrogen) atoms. The first-order valence-corrected chi connectivity index (χ1v) is 5.87. The highest BCUT2D eigenvalue weighted by Gasteiger charge is 2.00. The van der Waals surface area contributed by atoms with E-state index in [1.807, 2.05) is 24.3 Å². The van der Waals surface area contributed by atoms with Gasteiger partial charge in [0.1, 0.15) is 5.52 Å². The van der Waals surface area contributed by atoms with Gasteiger partial charge in [-0.2, -0.15) is 0 Å². The van der Waals surface area contributed by atoms with Gasteiger partial charge < -0.3 is 11.1 Å². The lowest BCUT2D eigenvalue weighted by Gasteiger charge is -2.04. The second-order valence-electron chi connectivity index (χ2n) is 3.97. The summed E-state index contributed by atoms with van der Waals surface area (Å²) in [7, 11) is 0. The number of nitrogens with zero attached hydrogens (tertiary/aromatic N) is 3. The average Bonchev–Trinajstić information content (AvgIpc) is 2.38. The molecule has 2 rings (SSSR count). The highest BCUT2D eigenvalue weighted by Crippen LogP contribution is 2.08. The van der Waals surface area contributed by atoms with Crippen molar-refractivity contribution in [2.75, 3.05) is 11.9 Å². The number of nitrogens with two attached hydrogens (primary N) is 1. The summed E-state index contributed by atoms with van der Waals surface area (Å²) in [4.78, 5) is 14.9. The fourth-order valence-electron chi connectivity index (χ4n) is 1.58. The van der Waals surface area contributed by atoms with Crippen molar-refractivity contribution >= 4 is 22.9 Å². The molecule has 0 atom stereocenters. The van der Waals surface area contributed by atoms with Gasteiger partial charge in [-0.1, -0.05) is 12.1 Å². The summed E-state index contributed by atoms with van der Waals surface area (Å²) >= 11 is 0. The number of unbranched alkanes of at least 4 members (excludes halogenated alkanes) is 1. The van der Waals surface area contributed by atoms with Crippen LogP contribution in [0.5, 0.6) is 0 Å². The zero-order valence-electron chi connectivity index (χ0n) is 9.97. The van der Waals surface area contributed by atoms with Crippen LogP contribution in [0.4, 0.5) is 5.95 Å². The number of para-hydroxylation sites is 1. The van der Waals surface area contributed by atoms with Crippen molar-refractivity contribution in [2.45, 2.75) is 19.3 Å². The summed E-state index contributed by atoms with van der Waals surface area (Å²) in [6, 6.07) is 7.57. The summed E-state index contributed by atoms with van der Waals surface area (Å²) < 4.78 is 0. The molecular weight excluding hydrogens is 230 g/mol. The Morgan fingerprint density at radius 2 is 1.94 bits per heavy atom. The molecule has 6 heteroatoms. The van der Waals surface area contributed by atoms with E-state index >= 15 is 0 Å². The zero-order chi connectivity index (χ0) is 12.8. The fourth-order valence-corrected chi connectivity index (χ4v) is 1.58. The lowest BCUT2D eigenvalue weighted by atomic mass is 10.2. The van der Waals surface area contributed by atoms with Gasteiger partial charge in [0.05, 0.1) is 5.52 Å². The Morgan fingerprint density at radius 3 is 2.72 bits per heavy atom. The van der Waals surface area contributed by atoms with Crippen molar-refractivity contribution in [1.29, 1.82) is 0 Å². The Balaban J connectivity index is 1.86. The van der Waals surface area contributed by atoms with Gasteiger partial charge in [0, 0.05) is 13.0 Å². The van der Waals surface area contributed by atoms with Gasteiger partial charge in [-0.3, -0.25) is 4.79 Å². The molecule has 1 aromatic carbocycles. The Bertz CT molecular complexity index is 543. The summed E-state index contributed by atoms with van der Waals surface area (Å²) in [6.07, 6.45) is 2.03. The van der Waals surface area contributed by atoms with E-state index in [0.717, 1.165) is 23.9 Å². The van der Waals surface area contributed by atoms with Crippen molar-refractivity contribution in [3.63, 3.8) is 0 Å². The van der Waals surface area contributed by atoms with E-state index in [9.17, 15) is 4.79 Å². The third-order valence-electron chi connectivity index (χ3n) is 2.49. The smallest absolute Gasteiger partial charge is 0.243 e. The van der Waals surface area contributed by atoms with Crippen LogP contribution in [0, 0.1) is 0 Å². The van der Waals surface area contributed by atoms with Crippen molar-refractivity contribution in [3.05, 3.63) is 24.3 Å². The molecular formula is C12H15N5O. The molecule has 0 aliphatic rings. The van der Waals surface area contributed by atoms with E-state index < -0.39 is 0 Å². The lowest BCUT2D eigenvalue weighted by molar-refractivity contribution is -0.118. The number of hydrogen-bond donors (Lipinski definition) is 2. The molecule has 0 bridgehead atoms. The van der Waals surface area contributed by atoms with E-state index in [-0.39, 0.29) is 5.91 Å². The van der Waals surface area contributed by atoms with Crippen LogP contribution < -0.4 is 11.1 Å². The quantitative estimate of drug-likeness (QED) is 0.743. The number of primary amides is 1. The number of nitrogens with one attached hydrogen (secondary N) is 1. The molecule has 0 fully saturated rings. The van der Waals surface area contributed by atoms with Crippen LogP contribution in [-0.2, 0) is 4.79 Å². The number of anilines is 1. The van der Waals surface area contributed by atoms with Crippen molar-refractivity contribution in [1.82, 2.24) is 15.2 Å². The monoisotopic (exact) mass is 245 g/mol. The third-order valence-corrected chi connectivity index (χ3v) is 2.49. The van der Waals surface area contributed by atoms with Crippen LogP contribution in [0.1, 0.15) is 19.3 Å². The molecule has 2 aromatic rings. The molecule has 0 aliphatic heterocycles. The molecule has 1 heterocycles. The number of amides is 1. The molecule has 0 unspecified atom stereocenters. The first-order valence-electron chi connectivity index (χ1n) is 5.87. The number of hydrogen-bond acceptors (Lipinski definition) is 5. The number of carbonyl (C=O) groups excluding carboxylic acids is 1. The number of benzene rings is 1. The number of carbonyl (C=O) groups is 1.